The van der Waals surface area contributed by atoms with Gasteiger partial charge >= 0.3 is 0 Å². The van der Waals surface area contributed by atoms with E-state index in [-0.39, 0.29) is 11.8 Å². The first-order valence-electron chi connectivity index (χ1n) is 10.8. The molecule has 1 N–H and O–H groups in total. The predicted molar refractivity (Wildman–Crippen MR) is 123 cm³/mol. The second-order valence-corrected chi connectivity index (χ2v) is 10.2. The summed E-state index contributed by atoms with van der Waals surface area (Å²) in [6.07, 6.45) is 1.00. The Kier molecular flexibility index (Phi) is 7.79. The first-order chi connectivity index (χ1) is 15.3. The lowest BCUT2D eigenvalue weighted by Gasteiger charge is -2.30. The largest absolute Gasteiger partial charge is 0.493 e. The number of benzene rings is 2. The maximum absolute atomic E-state index is 13.0. The van der Waals surface area contributed by atoms with Crippen LogP contribution in [-0.4, -0.2) is 45.9 Å². The van der Waals surface area contributed by atoms with Gasteiger partial charge in [0.25, 0.3) is 0 Å². The van der Waals surface area contributed by atoms with Crippen LogP contribution in [0.15, 0.2) is 47.4 Å². The molecule has 0 aromatic heterocycles. The first kappa shape index (κ1) is 24.1. The van der Waals surface area contributed by atoms with Crippen molar-refractivity contribution in [2.75, 3.05) is 27.3 Å². The number of carbonyl (C=O) groups excluding carboxylic acids is 1. The number of carbonyl (C=O) groups is 1. The fraction of sp³-hybridized carbons (Fsp3) is 0.458. The summed E-state index contributed by atoms with van der Waals surface area (Å²) in [6.45, 7) is 5.19. The summed E-state index contributed by atoms with van der Waals surface area (Å²) >= 11 is 0. The number of amides is 1. The van der Waals surface area contributed by atoms with Crippen molar-refractivity contribution >= 4 is 15.9 Å². The quantitative estimate of drug-likeness (QED) is 0.651. The van der Waals surface area contributed by atoms with Gasteiger partial charge in [0.05, 0.1) is 19.1 Å². The molecule has 1 aliphatic rings. The Morgan fingerprint density at radius 3 is 2.22 bits per heavy atom. The van der Waals surface area contributed by atoms with Crippen LogP contribution in [0.1, 0.15) is 43.7 Å². The highest BCUT2D eigenvalue weighted by Crippen LogP contribution is 2.28. The molecule has 2 aromatic rings. The molecule has 32 heavy (non-hydrogen) atoms. The van der Waals surface area contributed by atoms with Gasteiger partial charge in [0.2, 0.25) is 15.9 Å². The van der Waals surface area contributed by atoms with Crippen LogP contribution < -0.4 is 14.8 Å². The summed E-state index contributed by atoms with van der Waals surface area (Å²) in [5.74, 6) is 1.33. The Hall–Kier alpha value is -2.58. The number of methoxy groups -OCH3 is 2. The monoisotopic (exact) mass is 460 g/mol. The predicted octanol–water partition coefficient (Wildman–Crippen LogP) is 3.54. The molecule has 0 atom stereocenters. The number of nitrogens with one attached hydrogen (secondary N) is 1. The number of ether oxygens (including phenoxy) is 2. The van der Waals surface area contributed by atoms with Crippen LogP contribution in [0.4, 0.5) is 0 Å². The molecule has 1 heterocycles. The van der Waals surface area contributed by atoms with Gasteiger partial charge in [-0.05, 0) is 54.2 Å². The molecular formula is C24H32N2O5S. The third-order valence-corrected chi connectivity index (χ3v) is 7.84. The van der Waals surface area contributed by atoms with E-state index in [9.17, 15) is 13.2 Å². The lowest BCUT2D eigenvalue weighted by atomic mass is 9.97. The molecule has 1 aliphatic heterocycles. The fourth-order valence-corrected chi connectivity index (χ4v) is 5.33. The molecule has 2 aromatic carbocycles. The normalized spacial score (nSPS) is 15.5. The molecule has 0 bridgehead atoms. The lowest BCUT2D eigenvalue weighted by Crippen LogP contribution is -2.42. The van der Waals surface area contributed by atoms with Crippen LogP contribution in [0, 0.1) is 5.92 Å². The Bertz CT molecular complexity index is 1030. The highest BCUT2D eigenvalue weighted by Gasteiger charge is 2.32. The molecule has 0 radical (unpaired) electrons. The molecule has 1 amide bonds. The van der Waals surface area contributed by atoms with Crippen LogP contribution >= 0.6 is 0 Å². The van der Waals surface area contributed by atoms with Crippen LogP contribution in [-0.2, 0) is 21.4 Å². The molecule has 1 fully saturated rings. The molecule has 7 nitrogen and oxygen atoms in total. The molecule has 0 aliphatic carbocycles. The summed E-state index contributed by atoms with van der Waals surface area (Å²) in [6, 6.07) is 12.6. The van der Waals surface area contributed by atoms with Crippen LogP contribution in [0.3, 0.4) is 0 Å². The molecule has 0 unspecified atom stereocenters. The van der Waals surface area contributed by atoms with Crippen molar-refractivity contribution in [1.29, 1.82) is 0 Å². The molecule has 1 saturated heterocycles. The summed E-state index contributed by atoms with van der Waals surface area (Å²) in [7, 11) is -0.401. The van der Waals surface area contributed by atoms with Crippen LogP contribution in [0.2, 0.25) is 0 Å². The van der Waals surface area contributed by atoms with E-state index in [0.717, 1.165) is 11.1 Å². The molecule has 174 valence electrons. The highest BCUT2D eigenvalue weighted by molar-refractivity contribution is 7.89. The standard InChI is InChI=1S/C24H32N2O5S/c1-17(2)19-6-8-21(9-7-19)32(28,29)26-13-11-20(12-14-26)24(27)25-16-18-5-10-22(30-3)23(15-18)31-4/h5-10,15,17,20H,11-14,16H2,1-4H3,(H,25,27). The number of nitrogens with zero attached hydrogens (tertiary/aromatic N) is 1. The van der Waals surface area contributed by atoms with E-state index in [1.807, 2.05) is 24.3 Å². The van der Waals surface area contributed by atoms with Crippen molar-refractivity contribution in [3.05, 3.63) is 53.6 Å². The van der Waals surface area contributed by atoms with E-state index < -0.39 is 10.0 Å². The molecule has 0 spiro atoms. The van der Waals surface area contributed by atoms with Gasteiger partial charge in [0.15, 0.2) is 11.5 Å². The lowest BCUT2D eigenvalue weighted by molar-refractivity contribution is -0.126. The molecule has 8 heteroatoms. The average molecular weight is 461 g/mol. The van der Waals surface area contributed by atoms with Gasteiger partial charge in [0, 0.05) is 25.6 Å². The number of piperidine rings is 1. The summed E-state index contributed by atoms with van der Waals surface area (Å²) in [5, 5.41) is 2.96. The van der Waals surface area contributed by atoms with Crippen molar-refractivity contribution < 1.29 is 22.7 Å². The minimum absolute atomic E-state index is 0.0573. The van der Waals surface area contributed by atoms with Gasteiger partial charge in [-0.15, -0.1) is 0 Å². The fourth-order valence-electron chi connectivity index (χ4n) is 3.86. The molecule has 0 saturated carbocycles. The zero-order valence-electron chi connectivity index (χ0n) is 19.1. The average Bonchev–Trinajstić information content (AvgIpc) is 2.82. The van der Waals surface area contributed by atoms with E-state index in [2.05, 4.69) is 19.2 Å². The van der Waals surface area contributed by atoms with E-state index in [1.54, 1.807) is 32.4 Å². The van der Waals surface area contributed by atoms with Gasteiger partial charge < -0.3 is 14.8 Å². The van der Waals surface area contributed by atoms with Gasteiger partial charge in [-0.25, -0.2) is 8.42 Å². The smallest absolute Gasteiger partial charge is 0.243 e. The summed E-state index contributed by atoms with van der Waals surface area (Å²) in [4.78, 5) is 12.9. The number of rotatable bonds is 8. The minimum atomic E-state index is -3.55. The highest BCUT2D eigenvalue weighted by atomic mass is 32.2. The van der Waals surface area contributed by atoms with Crippen LogP contribution in [0.25, 0.3) is 0 Å². The second kappa shape index (κ2) is 10.4. The summed E-state index contributed by atoms with van der Waals surface area (Å²) in [5.41, 5.74) is 2.01. The third kappa shape index (κ3) is 5.42. The molecular weight excluding hydrogens is 428 g/mol. The van der Waals surface area contributed by atoms with Crippen LogP contribution in [0.5, 0.6) is 11.5 Å². The van der Waals surface area contributed by atoms with Crippen molar-refractivity contribution in [3.63, 3.8) is 0 Å². The number of sulfonamides is 1. The first-order valence-corrected chi connectivity index (χ1v) is 12.3. The van der Waals surface area contributed by atoms with Crippen molar-refractivity contribution in [2.24, 2.45) is 5.92 Å². The minimum Gasteiger partial charge on any atom is -0.493 e. The zero-order chi connectivity index (χ0) is 23.3. The van der Waals surface area contributed by atoms with Crippen molar-refractivity contribution in [3.8, 4) is 11.5 Å². The van der Waals surface area contributed by atoms with Gasteiger partial charge in [0.1, 0.15) is 0 Å². The second-order valence-electron chi connectivity index (χ2n) is 8.31. The van der Waals surface area contributed by atoms with Gasteiger partial charge in [-0.2, -0.15) is 4.31 Å². The topological polar surface area (TPSA) is 84.9 Å². The molecule has 3 rings (SSSR count). The zero-order valence-corrected chi connectivity index (χ0v) is 19.9. The number of hydrogen-bond acceptors (Lipinski definition) is 5. The SMILES string of the molecule is COc1ccc(CNC(=O)C2CCN(S(=O)(=O)c3ccc(C(C)C)cc3)CC2)cc1OC. The van der Waals surface area contributed by atoms with Gasteiger partial charge in [-0.1, -0.05) is 32.0 Å². The van der Waals surface area contributed by atoms with Crippen molar-refractivity contribution in [1.82, 2.24) is 9.62 Å². The maximum atomic E-state index is 13.0. The van der Waals surface area contributed by atoms with E-state index >= 15 is 0 Å². The van der Waals surface area contributed by atoms with E-state index in [4.69, 9.17) is 9.47 Å². The van der Waals surface area contributed by atoms with Gasteiger partial charge in [-0.3, -0.25) is 4.79 Å². The third-order valence-electron chi connectivity index (χ3n) is 5.92. The Morgan fingerprint density at radius 2 is 1.66 bits per heavy atom. The maximum Gasteiger partial charge on any atom is 0.243 e. The Balaban J connectivity index is 1.55. The Morgan fingerprint density at radius 1 is 1.03 bits per heavy atom. The Labute approximate surface area is 190 Å². The van der Waals surface area contributed by atoms with E-state index in [0.29, 0.717) is 54.8 Å². The summed E-state index contributed by atoms with van der Waals surface area (Å²) < 4.78 is 38.0. The van der Waals surface area contributed by atoms with E-state index in [1.165, 1.54) is 4.31 Å². The number of hydrogen-bond donors (Lipinski definition) is 1. The van der Waals surface area contributed by atoms with Crippen molar-refractivity contribution in [2.45, 2.75) is 44.0 Å².